The number of carboxylic acids is 1. The van der Waals surface area contributed by atoms with E-state index in [-0.39, 0.29) is 17.7 Å². The maximum Gasteiger partial charge on any atom is 0.359 e. The van der Waals surface area contributed by atoms with Gasteiger partial charge >= 0.3 is 5.97 Å². The highest BCUT2D eigenvalue weighted by Crippen LogP contribution is 2.34. The first-order valence-electron chi connectivity index (χ1n) is 7.95. The summed E-state index contributed by atoms with van der Waals surface area (Å²) >= 11 is 0. The van der Waals surface area contributed by atoms with Crippen molar-refractivity contribution in [2.24, 2.45) is 0 Å². The molecule has 1 fully saturated rings. The molecule has 0 aliphatic heterocycles. The number of hydrogen-bond donors (Lipinski definition) is 2. The Morgan fingerprint density at radius 3 is 2.40 bits per heavy atom. The van der Waals surface area contributed by atoms with E-state index in [0.717, 1.165) is 31.2 Å². The van der Waals surface area contributed by atoms with Crippen molar-refractivity contribution < 1.29 is 23.1 Å². The van der Waals surface area contributed by atoms with Gasteiger partial charge in [0.05, 0.1) is 4.90 Å². The van der Waals surface area contributed by atoms with E-state index in [1.54, 1.807) is 12.1 Å². The summed E-state index contributed by atoms with van der Waals surface area (Å²) in [4.78, 5) is 11.3. The molecule has 0 atom stereocenters. The zero-order valence-electron chi connectivity index (χ0n) is 13.7. The third kappa shape index (κ3) is 3.98. The van der Waals surface area contributed by atoms with Gasteiger partial charge in [-0.3, -0.25) is 0 Å². The van der Waals surface area contributed by atoms with E-state index in [0.29, 0.717) is 10.8 Å². The second-order valence-corrected chi connectivity index (χ2v) is 8.25. The summed E-state index contributed by atoms with van der Waals surface area (Å²) < 4.78 is 28.7. The van der Waals surface area contributed by atoms with Crippen LogP contribution < -0.4 is 4.74 Å². The number of aromatic amines is 1. The smallest absolute Gasteiger partial charge is 0.359 e. The van der Waals surface area contributed by atoms with Crippen LogP contribution >= 0.6 is 0 Å². The Balaban J connectivity index is 1.60. The van der Waals surface area contributed by atoms with Gasteiger partial charge < -0.3 is 9.84 Å². The number of rotatable bonds is 5. The molecule has 0 spiro atoms. The molecule has 0 radical (unpaired) electrons. The van der Waals surface area contributed by atoms with Crippen LogP contribution in [0.3, 0.4) is 0 Å². The van der Waals surface area contributed by atoms with Crippen molar-refractivity contribution in [2.75, 3.05) is 6.26 Å². The molecule has 1 aliphatic rings. The highest BCUT2D eigenvalue weighted by molar-refractivity contribution is 7.90. The molecular formula is C16H19N3O5S. The average molecular weight is 365 g/mol. The van der Waals surface area contributed by atoms with Gasteiger partial charge in [0.15, 0.2) is 9.84 Å². The van der Waals surface area contributed by atoms with Crippen molar-refractivity contribution in [3.05, 3.63) is 35.5 Å². The molecule has 9 heteroatoms. The van der Waals surface area contributed by atoms with Crippen LogP contribution in [0.15, 0.2) is 29.2 Å². The molecule has 1 aliphatic carbocycles. The standard InChI is InChI=1S/C16H19N3O5S/c1-25(22,23)13-8-4-11(5-9-13)10-2-6-12(7-3-10)24-15-14(16(20)21)17-19-18-15/h4-5,8-10,12H,2-3,6-7H2,1H3,(H,20,21)(H,17,18,19). The van der Waals surface area contributed by atoms with Crippen LogP contribution in [-0.4, -0.2) is 47.3 Å². The van der Waals surface area contributed by atoms with E-state index in [2.05, 4.69) is 15.4 Å². The van der Waals surface area contributed by atoms with Gasteiger partial charge in [0.2, 0.25) is 5.69 Å². The number of aromatic carboxylic acids is 1. The molecule has 0 amide bonds. The molecule has 1 aromatic heterocycles. The topological polar surface area (TPSA) is 122 Å². The van der Waals surface area contributed by atoms with Crippen molar-refractivity contribution >= 4 is 15.8 Å². The minimum absolute atomic E-state index is 0.0217. The molecule has 2 N–H and O–H groups in total. The predicted molar refractivity (Wildman–Crippen MR) is 88.5 cm³/mol. The second-order valence-electron chi connectivity index (χ2n) is 6.23. The van der Waals surface area contributed by atoms with Gasteiger partial charge in [0.1, 0.15) is 6.10 Å². The molecule has 0 bridgehead atoms. The molecule has 3 rings (SSSR count). The fourth-order valence-electron chi connectivity index (χ4n) is 3.10. The van der Waals surface area contributed by atoms with E-state index in [1.807, 2.05) is 12.1 Å². The predicted octanol–water partition coefficient (Wildman–Crippen LogP) is 2.01. The number of carboxylic acid groups (broad SMARTS) is 1. The molecule has 1 saturated carbocycles. The summed E-state index contributed by atoms with van der Waals surface area (Å²) in [6, 6.07) is 7.01. The van der Waals surface area contributed by atoms with Crippen LogP contribution in [0.2, 0.25) is 0 Å². The number of hydrogen-bond acceptors (Lipinski definition) is 6. The summed E-state index contributed by atoms with van der Waals surface area (Å²) in [5.41, 5.74) is 0.969. The van der Waals surface area contributed by atoms with Crippen LogP contribution in [0.1, 0.15) is 47.7 Å². The zero-order valence-corrected chi connectivity index (χ0v) is 14.5. The molecule has 0 unspecified atom stereocenters. The van der Waals surface area contributed by atoms with Gasteiger partial charge in [-0.15, -0.1) is 0 Å². The Kier molecular flexibility index (Phi) is 4.76. The van der Waals surface area contributed by atoms with Gasteiger partial charge in [-0.05, 0) is 49.3 Å². The SMILES string of the molecule is CS(=O)(=O)c1ccc(C2CCC(Oc3nn[nH]c3C(=O)O)CC2)cc1. The van der Waals surface area contributed by atoms with Crippen molar-refractivity contribution in [2.45, 2.75) is 42.6 Å². The Bertz CT molecular complexity index is 852. The lowest BCUT2D eigenvalue weighted by molar-refractivity contribution is 0.0677. The highest BCUT2D eigenvalue weighted by atomic mass is 32.2. The second kappa shape index (κ2) is 6.83. The largest absolute Gasteiger partial charge is 0.476 e. The van der Waals surface area contributed by atoms with Gasteiger partial charge in [-0.1, -0.05) is 22.4 Å². The number of nitrogens with one attached hydrogen (secondary N) is 1. The van der Waals surface area contributed by atoms with Crippen LogP contribution in [-0.2, 0) is 9.84 Å². The number of ether oxygens (including phenoxy) is 1. The lowest BCUT2D eigenvalue weighted by atomic mass is 9.83. The molecule has 0 saturated heterocycles. The van der Waals surface area contributed by atoms with Crippen LogP contribution in [0.4, 0.5) is 0 Å². The molecule has 134 valence electrons. The minimum atomic E-state index is -3.18. The number of aromatic nitrogens is 3. The fourth-order valence-corrected chi connectivity index (χ4v) is 3.73. The van der Waals surface area contributed by atoms with Gasteiger partial charge in [-0.2, -0.15) is 0 Å². The van der Waals surface area contributed by atoms with E-state index in [1.165, 1.54) is 6.26 Å². The molecule has 25 heavy (non-hydrogen) atoms. The molecular weight excluding hydrogens is 346 g/mol. The van der Waals surface area contributed by atoms with Crippen LogP contribution in [0, 0.1) is 0 Å². The average Bonchev–Trinajstić information content (AvgIpc) is 3.03. The van der Waals surface area contributed by atoms with Crippen molar-refractivity contribution in [3.8, 4) is 5.88 Å². The first-order chi connectivity index (χ1) is 11.8. The number of sulfone groups is 1. The van der Waals surface area contributed by atoms with Crippen LogP contribution in [0.5, 0.6) is 5.88 Å². The Morgan fingerprint density at radius 2 is 1.84 bits per heavy atom. The number of H-pyrrole nitrogens is 1. The zero-order chi connectivity index (χ0) is 18.0. The molecule has 2 aromatic rings. The monoisotopic (exact) mass is 365 g/mol. The number of nitrogens with zero attached hydrogens (tertiary/aromatic N) is 2. The molecule has 1 heterocycles. The Hall–Kier alpha value is -2.42. The lowest BCUT2D eigenvalue weighted by Gasteiger charge is -2.28. The van der Waals surface area contributed by atoms with Crippen molar-refractivity contribution in [3.63, 3.8) is 0 Å². The summed E-state index contributed by atoms with van der Waals surface area (Å²) in [7, 11) is -3.18. The maximum absolute atomic E-state index is 11.5. The van der Waals surface area contributed by atoms with E-state index in [4.69, 9.17) is 9.84 Å². The number of benzene rings is 1. The fraction of sp³-hybridized carbons (Fsp3) is 0.438. The van der Waals surface area contributed by atoms with E-state index >= 15 is 0 Å². The van der Waals surface area contributed by atoms with Crippen molar-refractivity contribution in [1.82, 2.24) is 15.4 Å². The normalized spacial score (nSPS) is 21.0. The summed E-state index contributed by atoms with van der Waals surface area (Å²) in [6.45, 7) is 0. The third-order valence-corrected chi connectivity index (χ3v) is 5.59. The van der Waals surface area contributed by atoms with E-state index in [9.17, 15) is 13.2 Å². The van der Waals surface area contributed by atoms with Crippen LogP contribution in [0.25, 0.3) is 0 Å². The summed E-state index contributed by atoms with van der Waals surface area (Å²) in [5.74, 6) is -0.794. The third-order valence-electron chi connectivity index (χ3n) is 4.46. The number of carbonyl (C=O) groups is 1. The summed E-state index contributed by atoms with van der Waals surface area (Å²) in [5, 5.41) is 18.5. The van der Waals surface area contributed by atoms with Gasteiger partial charge in [0, 0.05) is 6.26 Å². The van der Waals surface area contributed by atoms with Gasteiger partial charge in [0.25, 0.3) is 5.88 Å². The first kappa shape index (κ1) is 17.4. The van der Waals surface area contributed by atoms with Gasteiger partial charge in [-0.25, -0.2) is 18.3 Å². The Morgan fingerprint density at radius 1 is 1.20 bits per heavy atom. The van der Waals surface area contributed by atoms with Crippen molar-refractivity contribution in [1.29, 1.82) is 0 Å². The minimum Gasteiger partial charge on any atom is -0.476 e. The maximum atomic E-state index is 11.5. The molecule has 1 aromatic carbocycles. The Labute approximate surface area is 145 Å². The highest BCUT2D eigenvalue weighted by Gasteiger charge is 2.26. The molecule has 8 nitrogen and oxygen atoms in total. The quantitative estimate of drug-likeness (QED) is 0.831. The van der Waals surface area contributed by atoms with E-state index < -0.39 is 15.8 Å². The lowest BCUT2D eigenvalue weighted by Crippen LogP contribution is -2.24. The summed E-state index contributed by atoms with van der Waals surface area (Å²) in [6.07, 6.45) is 4.38. The first-order valence-corrected chi connectivity index (χ1v) is 9.84.